The zero-order valence-corrected chi connectivity index (χ0v) is 13.3. The van der Waals surface area contributed by atoms with Crippen LogP contribution < -0.4 is 11.1 Å². The lowest BCUT2D eigenvalue weighted by atomic mass is 9.87. The average Bonchev–Trinajstić information content (AvgIpc) is 2.44. The molecule has 2 aromatic rings. The Labute approximate surface area is 126 Å². The van der Waals surface area contributed by atoms with Gasteiger partial charge in [0.2, 0.25) is 0 Å². The molecule has 21 heavy (non-hydrogen) atoms. The minimum absolute atomic E-state index is 0.0615. The van der Waals surface area contributed by atoms with E-state index < -0.39 is 0 Å². The van der Waals surface area contributed by atoms with Crippen molar-refractivity contribution in [1.29, 1.82) is 0 Å². The number of benzene rings is 1. The number of anilines is 2. The second kappa shape index (κ2) is 6.31. The Balaban J connectivity index is 2.38. The van der Waals surface area contributed by atoms with Crippen LogP contribution in [0, 0.1) is 5.41 Å². The van der Waals surface area contributed by atoms with E-state index in [1.807, 2.05) is 31.2 Å². The van der Waals surface area contributed by atoms with Crippen LogP contribution in [-0.2, 0) is 4.74 Å². The predicted octanol–water partition coefficient (Wildman–Crippen LogP) is 3.68. The molecule has 1 aromatic carbocycles. The molecule has 0 saturated carbocycles. The van der Waals surface area contributed by atoms with E-state index in [4.69, 9.17) is 10.5 Å². The van der Waals surface area contributed by atoms with Crippen LogP contribution in [-0.4, -0.2) is 24.2 Å². The van der Waals surface area contributed by atoms with Gasteiger partial charge in [0.25, 0.3) is 0 Å². The Kier molecular flexibility index (Phi) is 4.68. The summed E-state index contributed by atoms with van der Waals surface area (Å²) in [5, 5.41) is 4.62. The third-order valence-electron chi connectivity index (χ3n) is 3.66. The number of pyridine rings is 1. The number of nitrogens with one attached hydrogen (secondary N) is 1. The molecular weight excluding hydrogens is 262 g/mol. The SMILES string of the molecule is CCOCC(Nc1c(N)cnc2ccccc12)C(C)(C)C. The van der Waals surface area contributed by atoms with Gasteiger partial charge in [-0.25, -0.2) is 0 Å². The number of hydrogen-bond donors (Lipinski definition) is 2. The van der Waals surface area contributed by atoms with Crippen molar-refractivity contribution >= 4 is 22.3 Å². The Morgan fingerprint density at radius 2 is 2.00 bits per heavy atom. The van der Waals surface area contributed by atoms with Crippen LogP contribution in [0.2, 0.25) is 0 Å². The molecular formula is C17H25N3O. The van der Waals surface area contributed by atoms with Gasteiger partial charge in [0.15, 0.2) is 0 Å². The van der Waals surface area contributed by atoms with Crippen LogP contribution in [0.15, 0.2) is 30.5 Å². The third kappa shape index (κ3) is 3.64. The van der Waals surface area contributed by atoms with Gasteiger partial charge in [-0.3, -0.25) is 4.98 Å². The largest absolute Gasteiger partial charge is 0.396 e. The maximum atomic E-state index is 6.14. The maximum Gasteiger partial charge on any atom is 0.0743 e. The number of rotatable bonds is 5. The van der Waals surface area contributed by atoms with E-state index in [9.17, 15) is 0 Å². The minimum Gasteiger partial charge on any atom is -0.396 e. The fraction of sp³-hybridized carbons (Fsp3) is 0.471. The first-order valence-corrected chi connectivity index (χ1v) is 7.41. The molecule has 4 heteroatoms. The van der Waals surface area contributed by atoms with Crippen molar-refractivity contribution in [3.63, 3.8) is 0 Å². The highest BCUT2D eigenvalue weighted by atomic mass is 16.5. The third-order valence-corrected chi connectivity index (χ3v) is 3.66. The van der Waals surface area contributed by atoms with Gasteiger partial charge in [-0.1, -0.05) is 39.0 Å². The standard InChI is InChI=1S/C17H25N3O/c1-5-21-11-15(17(2,3)4)20-16-12-8-6-7-9-14(12)19-10-13(16)18/h6-10,15H,5,11,18H2,1-4H3,(H,19,20). The maximum absolute atomic E-state index is 6.14. The zero-order chi connectivity index (χ0) is 15.5. The van der Waals surface area contributed by atoms with E-state index in [1.54, 1.807) is 6.20 Å². The fourth-order valence-electron chi connectivity index (χ4n) is 2.24. The second-order valence-electron chi connectivity index (χ2n) is 6.33. The minimum atomic E-state index is 0.0615. The van der Waals surface area contributed by atoms with Gasteiger partial charge in [0.05, 0.1) is 35.7 Å². The summed E-state index contributed by atoms with van der Waals surface area (Å²) in [6.07, 6.45) is 1.71. The molecule has 0 aliphatic heterocycles. The predicted molar refractivity (Wildman–Crippen MR) is 89.5 cm³/mol. The Morgan fingerprint density at radius 1 is 1.29 bits per heavy atom. The number of ether oxygens (including phenoxy) is 1. The summed E-state index contributed by atoms with van der Waals surface area (Å²) in [6, 6.07) is 8.20. The molecule has 0 amide bonds. The number of nitrogens with zero attached hydrogens (tertiary/aromatic N) is 1. The van der Waals surface area contributed by atoms with Crippen molar-refractivity contribution in [2.75, 3.05) is 24.3 Å². The second-order valence-corrected chi connectivity index (χ2v) is 6.33. The lowest BCUT2D eigenvalue weighted by Gasteiger charge is -2.32. The van der Waals surface area contributed by atoms with Gasteiger partial charge in [-0.2, -0.15) is 0 Å². The number of nitrogen functional groups attached to an aromatic ring is 1. The molecule has 0 saturated heterocycles. The molecule has 2 rings (SSSR count). The summed E-state index contributed by atoms with van der Waals surface area (Å²) in [5.41, 5.74) is 8.76. The van der Waals surface area contributed by atoms with Gasteiger partial charge < -0.3 is 15.8 Å². The highest BCUT2D eigenvalue weighted by Gasteiger charge is 2.25. The van der Waals surface area contributed by atoms with Crippen LogP contribution in [0.25, 0.3) is 10.9 Å². The molecule has 0 aliphatic carbocycles. The van der Waals surface area contributed by atoms with Crippen LogP contribution in [0.5, 0.6) is 0 Å². The van der Waals surface area contributed by atoms with Crippen LogP contribution in [0.1, 0.15) is 27.7 Å². The smallest absolute Gasteiger partial charge is 0.0743 e. The average molecular weight is 287 g/mol. The summed E-state index contributed by atoms with van der Waals surface area (Å²) in [4.78, 5) is 4.38. The van der Waals surface area contributed by atoms with Crippen LogP contribution in [0.3, 0.4) is 0 Å². The monoisotopic (exact) mass is 287 g/mol. The lowest BCUT2D eigenvalue weighted by molar-refractivity contribution is 0.107. The Hall–Kier alpha value is -1.81. The summed E-state index contributed by atoms with van der Waals surface area (Å²) in [5.74, 6) is 0. The van der Waals surface area contributed by atoms with Gasteiger partial charge in [0, 0.05) is 12.0 Å². The van der Waals surface area contributed by atoms with Gasteiger partial charge in [0.1, 0.15) is 0 Å². The van der Waals surface area contributed by atoms with Crippen molar-refractivity contribution < 1.29 is 4.74 Å². The normalized spacial score (nSPS) is 13.3. The molecule has 1 atom stereocenters. The van der Waals surface area contributed by atoms with E-state index in [2.05, 4.69) is 31.1 Å². The van der Waals surface area contributed by atoms with Crippen LogP contribution >= 0.6 is 0 Å². The van der Waals surface area contributed by atoms with Crippen molar-refractivity contribution in [2.24, 2.45) is 5.41 Å². The van der Waals surface area contributed by atoms with Gasteiger partial charge in [-0.15, -0.1) is 0 Å². The number of aromatic nitrogens is 1. The highest BCUT2D eigenvalue weighted by Crippen LogP contribution is 2.31. The number of fused-ring (bicyclic) bond motifs is 1. The van der Waals surface area contributed by atoms with Crippen molar-refractivity contribution in [3.05, 3.63) is 30.5 Å². The van der Waals surface area contributed by atoms with Crippen molar-refractivity contribution in [2.45, 2.75) is 33.7 Å². The lowest BCUT2D eigenvalue weighted by Crippen LogP contribution is -2.38. The molecule has 1 unspecified atom stereocenters. The topological polar surface area (TPSA) is 60.2 Å². The first kappa shape index (κ1) is 15.6. The summed E-state index contributed by atoms with van der Waals surface area (Å²) >= 11 is 0. The molecule has 1 heterocycles. The molecule has 0 radical (unpaired) electrons. The Bertz CT molecular complexity index is 604. The van der Waals surface area contributed by atoms with Crippen LogP contribution in [0.4, 0.5) is 11.4 Å². The first-order valence-electron chi connectivity index (χ1n) is 7.41. The highest BCUT2D eigenvalue weighted by molar-refractivity contribution is 5.96. The number of para-hydroxylation sites is 1. The quantitative estimate of drug-likeness (QED) is 0.880. The molecule has 4 nitrogen and oxygen atoms in total. The Morgan fingerprint density at radius 3 is 2.67 bits per heavy atom. The zero-order valence-electron chi connectivity index (χ0n) is 13.3. The molecule has 0 bridgehead atoms. The molecule has 114 valence electrons. The number of nitrogens with two attached hydrogens (primary N) is 1. The molecule has 0 aliphatic rings. The molecule has 1 aromatic heterocycles. The van der Waals surface area contributed by atoms with E-state index in [0.29, 0.717) is 18.9 Å². The van der Waals surface area contributed by atoms with Crippen molar-refractivity contribution in [1.82, 2.24) is 4.98 Å². The first-order chi connectivity index (χ1) is 9.93. The fourth-order valence-corrected chi connectivity index (χ4v) is 2.24. The van der Waals surface area contributed by atoms with Gasteiger partial charge in [-0.05, 0) is 18.4 Å². The van der Waals surface area contributed by atoms with E-state index in [1.165, 1.54) is 0 Å². The summed E-state index contributed by atoms with van der Waals surface area (Å²) in [6.45, 7) is 9.96. The van der Waals surface area contributed by atoms with E-state index >= 15 is 0 Å². The van der Waals surface area contributed by atoms with E-state index in [0.717, 1.165) is 16.6 Å². The van der Waals surface area contributed by atoms with Crippen molar-refractivity contribution in [3.8, 4) is 0 Å². The van der Waals surface area contributed by atoms with E-state index in [-0.39, 0.29) is 11.5 Å². The molecule has 3 N–H and O–H groups in total. The van der Waals surface area contributed by atoms with Gasteiger partial charge >= 0.3 is 0 Å². The molecule has 0 spiro atoms. The molecule has 0 fully saturated rings. The summed E-state index contributed by atoms with van der Waals surface area (Å²) < 4.78 is 5.63. The number of hydrogen-bond acceptors (Lipinski definition) is 4. The summed E-state index contributed by atoms with van der Waals surface area (Å²) in [7, 11) is 0.